The molecular formula is C15H18O10S. The predicted octanol–water partition coefficient (Wildman–Crippen LogP) is -0.781. The fraction of sp³-hybridized carbons (Fsp3) is 0.667. The van der Waals surface area contributed by atoms with Crippen LogP contribution in [0, 0.1) is 0 Å². The van der Waals surface area contributed by atoms with Gasteiger partial charge in [-0.3, -0.25) is 8.98 Å². The number of esters is 3. The van der Waals surface area contributed by atoms with Gasteiger partial charge in [-0.05, 0) is 6.92 Å². The number of ether oxygens (including phenoxy) is 4. The second-order valence-electron chi connectivity index (χ2n) is 6.39. The molecule has 0 aromatic rings. The molecule has 0 amide bonds. The molecule has 5 unspecified atom stereocenters. The van der Waals surface area contributed by atoms with E-state index in [9.17, 15) is 22.8 Å². The van der Waals surface area contributed by atoms with Gasteiger partial charge in [-0.1, -0.05) is 6.58 Å². The Hall–Kier alpha value is -1.98. The summed E-state index contributed by atoms with van der Waals surface area (Å²) in [5, 5.41) is 0. The molecule has 3 aliphatic rings. The fourth-order valence-corrected chi connectivity index (χ4v) is 5.55. The van der Waals surface area contributed by atoms with E-state index in [1.165, 1.54) is 6.92 Å². The summed E-state index contributed by atoms with van der Waals surface area (Å²) in [5.74, 6) is -2.56. The Bertz CT molecular complexity index is 771. The highest BCUT2D eigenvalue weighted by Gasteiger charge is 2.78. The Morgan fingerprint density at radius 2 is 1.92 bits per heavy atom. The molecule has 0 aromatic heterocycles. The van der Waals surface area contributed by atoms with Crippen LogP contribution < -0.4 is 0 Å². The van der Waals surface area contributed by atoms with Crippen molar-refractivity contribution in [1.29, 1.82) is 0 Å². The third kappa shape index (κ3) is 2.70. The van der Waals surface area contributed by atoms with Crippen molar-refractivity contribution in [3.63, 3.8) is 0 Å². The molecule has 2 bridgehead atoms. The Morgan fingerprint density at radius 1 is 1.23 bits per heavy atom. The molecule has 0 aliphatic carbocycles. The second-order valence-corrected chi connectivity index (χ2v) is 8.26. The number of hydrogen-bond donors (Lipinski definition) is 0. The molecule has 3 rings (SSSR count). The Kier molecular flexibility index (Phi) is 4.57. The average Bonchev–Trinajstić information content (AvgIpc) is 3.13. The standard InChI is InChI=1S/C15H18O10S/c1-7(2)14(18)22-6-11(17)24-12-8-4-9-13(23-8)15(12,5-10(16)21-3)26(19,20)25-9/h8-9,12-13H,1,4-6H2,2-3H3. The summed E-state index contributed by atoms with van der Waals surface area (Å²) < 4.78 is 48.5. The van der Waals surface area contributed by atoms with Crippen molar-refractivity contribution in [3.05, 3.63) is 12.2 Å². The van der Waals surface area contributed by atoms with Crippen LogP contribution in [-0.4, -0.2) is 69.2 Å². The van der Waals surface area contributed by atoms with Gasteiger partial charge in [0.25, 0.3) is 10.1 Å². The predicted molar refractivity (Wildman–Crippen MR) is 82.1 cm³/mol. The maximum Gasteiger partial charge on any atom is 0.344 e. The average molecular weight is 390 g/mol. The summed E-state index contributed by atoms with van der Waals surface area (Å²) in [6, 6.07) is 0. The lowest BCUT2D eigenvalue weighted by Gasteiger charge is -2.32. The van der Waals surface area contributed by atoms with Gasteiger partial charge in [0.15, 0.2) is 17.5 Å². The molecule has 0 N–H and O–H groups in total. The van der Waals surface area contributed by atoms with Crippen molar-refractivity contribution in [2.24, 2.45) is 0 Å². The number of fused-ring (bicyclic) bond motifs is 1. The van der Waals surface area contributed by atoms with Crippen LogP contribution in [0.4, 0.5) is 0 Å². The van der Waals surface area contributed by atoms with Crippen LogP contribution in [-0.2, 0) is 47.6 Å². The van der Waals surface area contributed by atoms with Gasteiger partial charge in [0.1, 0.15) is 12.2 Å². The monoisotopic (exact) mass is 390 g/mol. The highest BCUT2D eigenvalue weighted by molar-refractivity contribution is 7.88. The summed E-state index contributed by atoms with van der Waals surface area (Å²) in [6.07, 6.45) is -4.05. The molecular weight excluding hydrogens is 372 g/mol. The Morgan fingerprint density at radius 3 is 2.54 bits per heavy atom. The molecule has 10 nitrogen and oxygen atoms in total. The number of rotatable bonds is 6. The number of methoxy groups -OCH3 is 1. The topological polar surface area (TPSA) is 132 Å². The molecule has 26 heavy (non-hydrogen) atoms. The first-order valence-corrected chi connectivity index (χ1v) is 9.20. The number of carbonyl (C=O) groups excluding carboxylic acids is 3. The van der Waals surface area contributed by atoms with Crippen molar-refractivity contribution >= 4 is 28.0 Å². The first-order chi connectivity index (χ1) is 12.1. The zero-order valence-electron chi connectivity index (χ0n) is 14.1. The third-order valence-electron chi connectivity index (χ3n) is 4.72. The highest BCUT2D eigenvalue weighted by atomic mass is 32.2. The van der Waals surface area contributed by atoms with Gasteiger partial charge in [-0.2, -0.15) is 8.42 Å². The molecule has 3 heterocycles. The minimum Gasteiger partial charge on any atom is -0.469 e. The van der Waals surface area contributed by atoms with Crippen LogP contribution in [0.5, 0.6) is 0 Å². The van der Waals surface area contributed by atoms with Crippen molar-refractivity contribution in [2.75, 3.05) is 13.7 Å². The lowest BCUT2D eigenvalue weighted by atomic mass is 9.81. The Balaban J connectivity index is 1.81. The van der Waals surface area contributed by atoms with Gasteiger partial charge in [0, 0.05) is 12.0 Å². The normalized spacial score (nSPS) is 35.8. The molecule has 0 aromatic carbocycles. The lowest BCUT2D eigenvalue weighted by molar-refractivity contribution is -0.164. The Labute approximate surface area is 149 Å². The van der Waals surface area contributed by atoms with Crippen LogP contribution >= 0.6 is 0 Å². The molecule has 3 fully saturated rings. The van der Waals surface area contributed by atoms with E-state index < -0.39 is 70.2 Å². The molecule has 144 valence electrons. The molecule has 0 saturated carbocycles. The van der Waals surface area contributed by atoms with E-state index in [0.717, 1.165) is 7.11 Å². The van der Waals surface area contributed by atoms with Crippen molar-refractivity contribution in [1.82, 2.24) is 0 Å². The molecule has 0 spiro atoms. The first kappa shape index (κ1) is 18.8. The summed E-state index contributed by atoms with van der Waals surface area (Å²) in [7, 11) is -3.15. The smallest absolute Gasteiger partial charge is 0.344 e. The molecule has 5 atom stereocenters. The molecule has 11 heteroatoms. The maximum atomic E-state index is 12.6. The zero-order chi connectivity index (χ0) is 19.3. The van der Waals surface area contributed by atoms with E-state index in [1.54, 1.807) is 0 Å². The van der Waals surface area contributed by atoms with Crippen molar-refractivity contribution < 1.29 is 45.9 Å². The summed E-state index contributed by atoms with van der Waals surface area (Å²) in [5.41, 5.74) is 0.0952. The van der Waals surface area contributed by atoms with Crippen LogP contribution in [0.3, 0.4) is 0 Å². The minimum absolute atomic E-state index is 0.0952. The minimum atomic E-state index is -4.26. The second kappa shape index (κ2) is 6.32. The van der Waals surface area contributed by atoms with Crippen LogP contribution in [0.15, 0.2) is 12.2 Å². The van der Waals surface area contributed by atoms with E-state index in [0.29, 0.717) is 0 Å². The van der Waals surface area contributed by atoms with Crippen LogP contribution in [0.1, 0.15) is 19.8 Å². The lowest BCUT2D eigenvalue weighted by Crippen LogP contribution is -2.57. The van der Waals surface area contributed by atoms with E-state index in [2.05, 4.69) is 11.3 Å². The van der Waals surface area contributed by atoms with Crippen molar-refractivity contribution in [2.45, 2.75) is 48.9 Å². The quantitative estimate of drug-likeness (QED) is 0.246. The van der Waals surface area contributed by atoms with Gasteiger partial charge in [0.2, 0.25) is 0 Å². The van der Waals surface area contributed by atoms with Gasteiger partial charge in [-0.15, -0.1) is 0 Å². The van der Waals surface area contributed by atoms with E-state index in [4.69, 9.17) is 18.4 Å². The van der Waals surface area contributed by atoms with Gasteiger partial charge in [-0.25, -0.2) is 9.59 Å². The van der Waals surface area contributed by atoms with Crippen LogP contribution in [0.2, 0.25) is 0 Å². The summed E-state index contributed by atoms with van der Waals surface area (Å²) in [6.45, 7) is 4.06. The largest absolute Gasteiger partial charge is 0.469 e. The highest BCUT2D eigenvalue weighted by Crippen LogP contribution is 2.56. The first-order valence-electron chi connectivity index (χ1n) is 7.79. The summed E-state index contributed by atoms with van der Waals surface area (Å²) >= 11 is 0. The molecule has 0 radical (unpaired) electrons. The van der Waals surface area contributed by atoms with Gasteiger partial charge >= 0.3 is 17.9 Å². The zero-order valence-corrected chi connectivity index (χ0v) is 14.9. The molecule has 3 saturated heterocycles. The van der Waals surface area contributed by atoms with Crippen LogP contribution in [0.25, 0.3) is 0 Å². The van der Waals surface area contributed by atoms with E-state index >= 15 is 0 Å². The maximum absolute atomic E-state index is 12.6. The third-order valence-corrected chi connectivity index (χ3v) is 6.76. The summed E-state index contributed by atoms with van der Waals surface area (Å²) in [4.78, 5) is 35.2. The van der Waals surface area contributed by atoms with E-state index in [1.807, 2.05) is 0 Å². The molecule has 3 aliphatic heterocycles. The van der Waals surface area contributed by atoms with Gasteiger partial charge in [0.05, 0.1) is 19.6 Å². The fourth-order valence-electron chi connectivity index (χ4n) is 3.60. The van der Waals surface area contributed by atoms with Gasteiger partial charge < -0.3 is 18.9 Å². The van der Waals surface area contributed by atoms with Crippen molar-refractivity contribution in [3.8, 4) is 0 Å². The number of hydrogen-bond acceptors (Lipinski definition) is 10. The van der Waals surface area contributed by atoms with E-state index in [-0.39, 0.29) is 12.0 Å². The number of carbonyl (C=O) groups is 3. The SMILES string of the molecule is C=C(C)C(=O)OCC(=O)OC1C2CC3OS(=O)(=O)C1(CC(=O)OC)C3O2.